The number of hydrogen-bond donors (Lipinski definition) is 2. The second-order valence-electron chi connectivity index (χ2n) is 7.15. The summed E-state index contributed by atoms with van der Waals surface area (Å²) < 4.78 is 16.0. The summed E-state index contributed by atoms with van der Waals surface area (Å²) >= 11 is 0. The largest absolute Gasteiger partial charge is 0.289 e. The van der Waals surface area contributed by atoms with Crippen LogP contribution in [-0.2, 0) is 23.1 Å². The van der Waals surface area contributed by atoms with Crippen LogP contribution >= 0.6 is 0 Å². The molecule has 0 bridgehead atoms. The summed E-state index contributed by atoms with van der Waals surface area (Å²) in [6, 6.07) is 12.7. The van der Waals surface area contributed by atoms with Crippen LogP contribution in [-0.4, -0.2) is 20.9 Å². The number of aromatic nitrogens is 2. The molecule has 27 heavy (non-hydrogen) atoms. The average Bonchev–Trinajstić information content (AvgIpc) is 3.22. The van der Waals surface area contributed by atoms with Gasteiger partial charge in [-0.3, -0.25) is 10.0 Å². The van der Waals surface area contributed by atoms with Crippen molar-refractivity contribution in [3.8, 4) is 5.69 Å². The predicted octanol–water partition coefficient (Wildman–Crippen LogP) is 3.17. The fourth-order valence-corrected chi connectivity index (χ4v) is 4.03. The lowest BCUT2D eigenvalue weighted by molar-refractivity contribution is -0.135. The summed E-state index contributed by atoms with van der Waals surface area (Å²) in [4.78, 5) is 12.7. The molecule has 2 N–H and O–H groups in total. The van der Waals surface area contributed by atoms with Gasteiger partial charge in [-0.05, 0) is 55.2 Å². The smallest absolute Gasteiger partial charge is 0.254 e. The maximum Gasteiger partial charge on any atom is 0.254 e. The molecule has 0 saturated heterocycles. The summed E-state index contributed by atoms with van der Waals surface area (Å²) in [5, 5.41) is 13.9. The van der Waals surface area contributed by atoms with Crippen molar-refractivity contribution in [3.63, 3.8) is 0 Å². The number of nitrogens with one attached hydrogen (secondary N) is 1. The summed E-state index contributed by atoms with van der Waals surface area (Å²) in [5.41, 5.74) is 5.59. The Bertz CT molecular complexity index is 1030. The molecule has 1 amide bonds. The van der Waals surface area contributed by atoms with Gasteiger partial charge < -0.3 is 0 Å². The van der Waals surface area contributed by atoms with Crippen LogP contribution in [0.2, 0.25) is 0 Å². The van der Waals surface area contributed by atoms with Crippen LogP contribution in [0, 0.1) is 19.7 Å². The van der Waals surface area contributed by atoms with Crippen LogP contribution in [0.15, 0.2) is 48.7 Å². The van der Waals surface area contributed by atoms with E-state index in [1.165, 1.54) is 6.07 Å². The Kier molecular flexibility index (Phi) is 4.08. The Labute approximate surface area is 156 Å². The van der Waals surface area contributed by atoms with Crippen LogP contribution in [0.25, 0.3) is 5.69 Å². The third kappa shape index (κ3) is 2.64. The molecule has 6 heteroatoms. The number of carbonyl (C=O) groups is 1. The molecule has 0 saturated carbocycles. The lowest BCUT2D eigenvalue weighted by Crippen LogP contribution is -2.45. The quantitative estimate of drug-likeness (QED) is 0.553. The second-order valence-corrected chi connectivity index (χ2v) is 7.15. The summed E-state index contributed by atoms with van der Waals surface area (Å²) in [7, 11) is 0. The van der Waals surface area contributed by atoms with E-state index in [1.54, 1.807) is 30.7 Å². The SMILES string of the molecule is Cc1ccc(-n2ncc3c2CC(C(=O)NO)(c2cccc(F)c2C)C3)cc1. The van der Waals surface area contributed by atoms with Gasteiger partial charge >= 0.3 is 0 Å². The molecule has 0 radical (unpaired) electrons. The predicted molar refractivity (Wildman–Crippen MR) is 98.5 cm³/mol. The molecule has 1 aromatic heterocycles. The topological polar surface area (TPSA) is 67.2 Å². The molecule has 1 aliphatic carbocycles. The van der Waals surface area contributed by atoms with E-state index in [2.05, 4.69) is 5.10 Å². The number of nitrogens with zero attached hydrogens (tertiary/aromatic N) is 2. The van der Waals surface area contributed by atoms with E-state index < -0.39 is 11.3 Å². The lowest BCUT2D eigenvalue weighted by Gasteiger charge is -2.29. The molecule has 0 aliphatic heterocycles. The van der Waals surface area contributed by atoms with Gasteiger partial charge in [-0.1, -0.05) is 29.8 Å². The van der Waals surface area contributed by atoms with Crippen molar-refractivity contribution >= 4 is 5.91 Å². The normalized spacial score (nSPS) is 18.4. The molecule has 5 nitrogen and oxygen atoms in total. The number of rotatable bonds is 3. The standard InChI is InChI=1S/C21H20FN3O2/c1-13-6-8-16(9-7-13)25-19-11-21(20(26)24-27,10-15(19)12-23-25)17-4-3-5-18(22)14(17)2/h3-9,12,27H,10-11H2,1-2H3,(H,24,26). The fourth-order valence-electron chi connectivity index (χ4n) is 4.03. The average molecular weight is 365 g/mol. The minimum absolute atomic E-state index is 0.326. The van der Waals surface area contributed by atoms with Crippen molar-refractivity contribution < 1.29 is 14.4 Å². The zero-order valence-corrected chi connectivity index (χ0v) is 15.2. The lowest BCUT2D eigenvalue weighted by atomic mass is 9.75. The van der Waals surface area contributed by atoms with Gasteiger partial charge in [0.15, 0.2) is 0 Å². The van der Waals surface area contributed by atoms with E-state index in [0.29, 0.717) is 24.0 Å². The first kappa shape index (κ1) is 17.4. The molecule has 1 atom stereocenters. The van der Waals surface area contributed by atoms with E-state index in [9.17, 15) is 14.4 Å². The Hall–Kier alpha value is -2.99. The van der Waals surface area contributed by atoms with Crippen molar-refractivity contribution in [1.29, 1.82) is 0 Å². The van der Waals surface area contributed by atoms with E-state index in [0.717, 1.165) is 22.5 Å². The summed E-state index contributed by atoms with van der Waals surface area (Å²) in [6.07, 6.45) is 2.42. The van der Waals surface area contributed by atoms with Crippen molar-refractivity contribution in [2.24, 2.45) is 0 Å². The van der Waals surface area contributed by atoms with Crippen LogP contribution in [0.1, 0.15) is 27.9 Å². The maximum absolute atomic E-state index is 14.2. The number of hydrogen-bond acceptors (Lipinski definition) is 3. The highest BCUT2D eigenvalue weighted by molar-refractivity contribution is 5.89. The first-order valence-electron chi connectivity index (χ1n) is 8.79. The zero-order chi connectivity index (χ0) is 19.2. The van der Waals surface area contributed by atoms with Gasteiger partial charge in [-0.25, -0.2) is 14.6 Å². The van der Waals surface area contributed by atoms with E-state index >= 15 is 0 Å². The third-order valence-corrected chi connectivity index (χ3v) is 5.51. The van der Waals surface area contributed by atoms with Crippen LogP contribution in [0.4, 0.5) is 4.39 Å². The molecule has 1 aliphatic rings. The van der Waals surface area contributed by atoms with Gasteiger partial charge in [-0.15, -0.1) is 0 Å². The highest BCUT2D eigenvalue weighted by Gasteiger charge is 2.48. The third-order valence-electron chi connectivity index (χ3n) is 5.51. The fraction of sp³-hybridized carbons (Fsp3) is 0.238. The van der Waals surface area contributed by atoms with Crippen molar-refractivity contribution in [3.05, 3.63) is 82.4 Å². The summed E-state index contributed by atoms with van der Waals surface area (Å²) in [5.74, 6) is -0.906. The molecule has 1 heterocycles. The van der Waals surface area contributed by atoms with Crippen molar-refractivity contribution in [2.75, 3.05) is 0 Å². The van der Waals surface area contributed by atoms with Gasteiger partial charge in [0.1, 0.15) is 5.82 Å². The number of amides is 1. The molecule has 0 spiro atoms. The van der Waals surface area contributed by atoms with Gasteiger partial charge in [0.05, 0.1) is 17.3 Å². The number of hydroxylamine groups is 1. The van der Waals surface area contributed by atoms with Crippen LogP contribution < -0.4 is 5.48 Å². The monoisotopic (exact) mass is 365 g/mol. The number of aryl methyl sites for hydroxylation is 1. The van der Waals surface area contributed by atoms with E-state index in [1.807, 2.05) is 35.9 Å². The minimum Gasteiger partial charge on any atom is -0.289 e. The Morgan fingerprint density at radius 3 is 2.63 bits per heavy atom. The molecular formula is C21H20FN3O2. The van der Waals surface area contributed by atoms with Gasteiger partial charge in [0.25, 0.3) is 5.91 Å². The van der Waals surface area contributed by atoms with Crippen LogP contribution in [0.3, 0.4) is 0 Å². The first-order valence-corrected chi connectivity index (χ1v) is 8.79. The van der Waals surface area contributed by atoms with Crippen LogP contribution in [0.5, 0.6) is 0 Å². The number of fused-ring (bicyclic) bond motifs is 1. The van der Waals surface area contributed by atoms with Gasteiger partial charge in [0, 0.05) is 12.1 Å². The Morgan fingerprint density at radius 2 is 1.93 bits per heavy atom. The Balaban J connectivity index is 1.83. The van der Waals surface area contributed by atoms with E-state index in [-0.39, 0.29) is 5.82 Å². The molecular weight excluding hydrogens is 345 g/mol. The number of carbonyl (C=O) groups excluding carboxylic acids is 1. The first-order chi connectivity index (χ1) is 13.0. The maximum atomic E-state index is 14.2. The highest BCUT2D eigenvalue weighted by atomic mass is 19.1. The van der Waals surface area contributed by atoms with E-state index in [4.69, 9.17) is 0 Å². The molecule has 0 fully saturated rings. The molecule has 4 rings (SSSR count). The molecule has 2 aromatic carbocycles. The number of halogens is 1. The second kappa shape index (κ2) is 6.32. The zero-order valence-electron chi connectivity index (χ0n) is 15.2. The summed E-state index contributed by atoms with van der Waals surface area (Å²) in [6.45, 7) is 3.67. The van der Waals surface area contributed by atoms with Gasteiger partial charge in [-0.2, -0.15) is 5.10 Å². The van der Waals surface area contributed by atoms with Crippen molar-refractivity contribution in [1.82, 2.24) is 15.3 Å². The molecule has 138 valence electrons. The highest BCUT2D eigenvalue weighted by Crippen LogP contribution is 2.42. The Morgan fingerprint density at radius 1 is 1.19 bits per heavy atom. The van der Waals surface area contributed by atoms with Crippen molar-refractivity contribution in [2.45, 2.75) is 32.1 Å². The molecule has 3 aromatic rings. The van der Waals surface area contributed by atoms with Gasteiger partial charge in [0.2, 0.25) is 0 Å². The number of benzene rings is 2. The minimum atomic E-state index is -1.07. The molecule has 1 unspecified atom stereocenters.